The lowest BCUT2D eigenvalue weighted by Crippen LogP contribution is -2.43. The van der Waals surface area contributed by atoms with Crippen LogP contribution in [-0.4, -0.2) is 49.4 Å². The van der Waals surface area contributed by atoms with Crippen molar-refractivity contribution in [2.75, 3.05) is 20.2 Å². The van der Waals surface area contributed by atoms with Crippen molar-refractivity contribution in [3.63, 3.8) is 0 Å². The van der Waals surface area contributed by atoms with Crippen LogP contribution in [0, 0.1) is 5.92 Å². The molecule has 1 saturated carbocycles. The van der Waals surface area contributed by atoms with Crippen LogP contribution in [0.1, 0.15) is 39.0 Å². The minimum atomic E-state index is -3.67. The lowest BCUT2D eigenvalue weighted by Gasteiger charge is -2.33. The summed E-state index contributed by atoms with van der Waals surface area (Å²) in [5.74, 6) is 0.721. The number of hydrogen-bond acceptors (Lipinski definition) is 4. The lowest BCUT2D eigenvalue weighted by molar-refractivity contribution is 0.152. The van der Waals surface area contributed by atoms with Crippen LogP contribution >= 0.6 is 0 Å². The summed E-state index contributed by atoms with van der Waals surface area (Å²) in [6.45, 7) is 2.76. The van der Waals surface area contributed by atoms with Crippen molar-refractivity contribution in [3.05, 3.63) is 0 Å². The highest BCUT2D eigenvalue weighted by Gasteiger charge is 2.44. The average Bonchev–Trinajstić information content (AvgIpc) is 2.73. The largest absolute Gasteiger partial charge is 0.452 e. The van der Waals surface area contributed by atoms with Gasteiger partial charge in [0.25, 0.3) is 0 Å². The topological polar surface area (TPSA) is 66.9 Å². The van der Waals surface area contributed by atoms with Crippen LogP contribution in [0.2, 0.25) is 0 Å². The zero-order chi connectivity index (χ0) is 14.0. The first kappa shape index (κ1) is 14.6. The van der Waals surface area contributed by atoms with Gasteiger partial charge in [0, 0.05) is 12.6 Å². The second-order valence-corrected chi connectivity index (χ2v) is 7.05. The molecule has 1 amide bonds. The van der Waals surface area contributed by atoms with Crippen molar-refractivity contribution in [2.45, 2.75) is 45.1 Å². The highest BCUT2D eigenvalue weighted by molar-refractivity contribution is 7.87. The molecule has 2 rings (SSSR count). The molecule has 0 atom stereocenters. The van der Waals surface area contributed by atoms with E-state index in [-0.39, 0.29) is 12.6 Å². The Hall–Kier alpha value is -0.820. The number of nitrogens with zero attached hydrogens (tertiary/aromatic N) is 2. The number of amides is 1. The van der Waals surface area contributed by atoms with Crippen molar-refractivity contribution in [3.8, 4) is 0 Å². The maximum atomic E-state index is 12.3. The number of carbonyl (C=O) groups is 1. The van der Waals surface area contributed by atoms with Crippen molar-refractivity contribution < 1.29 is 17.9 Å². The third-order valence-electron chi connectivity index (χ3n) is 4.28. The van der Waals surface area contributed by atoms with E-state index in [9.17, 15) is 13.2 Å². The van der Waals surface area contributed by atoms with Gasteiger partial charge >= 0.3 is 16.3 Å². The van der Waals surface area contributed by atoms with E-state index in [1.165, 1.54) is 11.4 Å². The summed E-state index contributed by atoms with van der Waals surface area (Å²) in [5.41, 5.74) is 0. The van der Waals surface area contributed by atoms with Crippen molar-refractivity contribution in [1.29, 1.82) is 0 Å². The molecule has 0 unspecified atom stereocenters. The molecule has 0 radical (unpaired) electrons. The Morgan fingerprint density at radius 1 is 1.21 bits per heavy atom. The first-order chi connectivity index (χ1) is 9.00. The molecule has 0 aromatic carbocycles. The van der Waals surface area contributed by atoms with E-state index >= 15 is 0 Å². The van der Waals surface area contributed by atoms with E-state index in [0.29, 0.717) is 6.54 Å². The minimum Gasteiger partial charge on any atom is -0.452 e. The molecule has 2 fully saturated rings. The Morgan fingerprint density at radius 2 is 1.84 bits per heavy atom. The molecular formula is C12H22N2O4S. The first-order valence-corrected chi connectivity index (χ1v) is 8.27. The van der Waals surface area contributed by atoms with Crippen molar-refractivity contribution in [2.24, 2.45) is 5.92 Å². The second-order valence-electron chi connectivity index (χ2n) is 5.24. The Balaban J connectivity index is 2.05. The standard InChI is InChI=1S/C12H22N2O4S/c1-3-10-4-6-11(7-5-10)13-8-9-14(12(15)18-2)19(13,16)17/h10-11H,3-9H2,1-2H3/t10-,11-. The van der Waals surface area contributed by atoms with E-state index in [1.807, 2.05) is 0 Å². The summed E-state index contributed by atoms with van der Waals surface area (Å²) >= 11 is 0. The summed E-state index contributed by atoms with van der Waals surface area (Å²) in [4.78, 5) is 11.5. The van der Waals surface area contributed by atoms with Crippen LogP contribution < -0.4 is 0 Å². The van der Waals surface area contributed by atoms with Gasteiger partial charge in [0.15, 0.2) is 0 Å². The molecule has 110 valence electrons. The van der Waals surface area contributed by atoms with Crippen LogP contribution in [0.3, 0.4) is 0 Å². The van der Waals surface area contributed by atoms with Gasteiger partial charge in [-0.2, -0.15) is 17.0 Å². The highest BCUT2D eigenvalue weighted by atomic mass is 32.2. The van der Waals surface area contributed by atoms with Gasteiger partial charge in [-0.25, -0.2) is 4.79 Å². The summed E-state index contributed by atoms with van der Waals surface area (Å²) < 4.78 is 31.4. The third-order valence-corrected chi connectivity index (χ3v) is 6.24. The van der Waals surface area contributed by atoms with Crippen LogP contribution in [0.25, 0.3) is 0 Å². The maximum absolute atomic E-state index is 12.3. The molecule has 0 bridgehead atoms. The third kappa shape index (κ3) is 2.72. The van der Waals surface area contributed by atoms with E-state index < -0.39 is 16.3 Å². The van der Waals surface area contributed by atoms with Crippen LogP contribution in [0.5, 0.6) is 0 Å². The normalized spacial score (nSPS) is 31.4. The van der Waals surface area contributed by atoms with Gasteiger partial charge in [0.2, 0.25) is 0 Å². The van der Waals surface area contributed by atoms with Crippen LogP contribution in [0.4, 0.5) is 4.79 Å². The molecule has 6 nitrogen and oxygen atoms in total. The zero-order valence-corrected chi connectivity index (χ0v) is 12.4. The molecule has 19 heavy (non-hydrogen) atoms. The summed E-state index contributed by atoms with van der Waals surface area (Å²) in [6, 6.07) is 0.0439. The fraction of sp³-hybridized carbons (Fsp3) is 0.917. The quantitative estimate of drug-likeness (QED) is 0.774. The SMILES string of the molecule is CC[C@H]1CC[C@H](N2CCN(C(=O)OC)S2(=O)=O)CC1. The molecule has 1 aliphatic carbocycles. The number of methoxy groups -OCH3 is 1. The van der Waals surface area contributed by atoms with Gasteiger partial charge in [0.1, 0.15) is 0 Å². The molecule has 0 spiro atoms. The van der Waals surface area contributed by atoms with Crippen molar-refractivity contribution >= 4 is 16.3 Å². The van der Waals surface area contributed by atoms with Crippen LogP contribution in [-0.2, 0) is 14.9 Å². The van der Waals surface area contributed by atoms with E-state index in [1.54, 1.807) is 0 Å². The van der Waals surface area contributed by atoms with E-state index in [2.05, 4.69) is 11.7 Å². The Kier molecular flexibility index (Phi) is 4.35. The minimum absolute atomic E-state index is 0.0439. The molecule has 1 aliphatic heterocycles. The molecule has 0 N–H and O–H groups in total. The Bertz CT molecular complexity index is 429. The monoisotopic (exact) mass is 290 g/mol. The molecule has 7 heteroatoms. The number of carbonyl (C=O) groups excluding carboxylic acids is 1. The van der Waals surface area contributed by atoms with Gasteiger partial charge in [0.05, 0.1) is 13.7 Å². The van der Waals surface area contributed by atoms with Crippen LogP contribution in [0.15, 0.2) is 0 Å². The molecule has 2 aliphatic rings. The van der Waals surface area contributed by atoms with Gasteiger partial charge in [-0.1, -0.05) is 13.3 Å². The second kappa shape index (κ2) is 5.66. The number of ether oxygens (including phenoxy) is 1. The van der Waals surface area contributed by atoms with E-state index in [4.69, 9.17) is 0 Å². The van der Waals surface area contributed by atoms with Gasteiger partial charge < -0.3 is 4.74 Å². The highest BCUT2D eigenvalue weighted by Crippen LogP contribution is 2.33. The Labute approximate surface area is 114 Å². The smallest absolute Gasteiger partial charge is 0.424 e. The lowest BCUT2D eigenvalue weighted by atomic mass is 9.84. The predicted octanol–water partition coefficient (Wildman–Crippen LogP) is 1.58. The van der Waals surface area contributed by atoms with Gasteiger partial charge in [-0.05, 0) is 31.6 Å². The number of rotatable bonds is 2. The van der Waals surface area contributed by atoms with Gasteiger partial charge in [-0.3, -0.25) is 0 Å². The summed E-state index contributed by atoms with van der Waals surface area (Å²) in [7, 11) is -2.47. The van der Waals surface area contributed by atoms with Gasteiger partial charge in [-0.15, -0.1) is 0 Å². The average molecular weight is 290 g/mol. The summed E-state index contributed by atoms with van der Waals surface area (Å²) in [5, 5.41) is 0. The fourth-order valence-corrected chi connectivity index (χ4v) is 4.77. The Morgan fingerprint density at radius 3 is 2.37 bits per heavy atom. The first-order valence-electron chi connectivity index (χ1n) is 6.88. The maximum Gasteiger partial charge on any atom is 0.424 e. The molecule has 1 heterocycles. The van der Waals surface area contributed by atoms with Crippen molar-refractivity contribution in [1.82, 2.24) is 8.61 Å². The fourth-order valence-electron chi connectivity index (χ4n) is 3.05. The predicted molar refractivity (Wildman–Crippen MR) is 70.8 cm³/mol. The molecule has 0 aromatic rings. The zero-order valence-electron chi connectivity index (χ0n) is 11.5. The summed E-state index contributed by atoms with van der Waals surface area (Å²) in [6.07, 6.45) is 4.31. The van der Waals surface area contributed by atoms with E-state index in [0.717, 1.165) is 42.3 Å². The molecule has 1 saturated heterocycles. The molecule has 0 aromatic heterocycles. The molecular weight excluding hydrogens is 268 g/mol. The number of hydrogen-bond donors (Lipinski definition) is 0.